The molecule has 4 atom stereocenters. The van der Waals surface area contributed by atoms with Gasteiger partial charge in [-0.15, -0.1) is 0 Å². The van der Waals surface area contributed by atoms with Crippen LogP contribution >= 0.6 is 0 Å². The molecule has 2 aliphatic heterocycles. The third-order valence-electron chi connectivity index (χ3n) is 4.28. The summed E-state index contributed by atoms with van der Waals surface area (Å²) in [7, 11) is 0. The van der Waals surface area contributed by atoms with Gasteiger partial charge in [-0.2, -0.15) is 0 Å². The maximum atomic E-state index is 12.2. The molecule has 2 N–H and O–H groups in total. The van der Waals surface area contributed by atoms with Crippen LogP contribution in [-0.4, -0.2) is 65.8 Å². The molecule has 9 heteroatoms. The highest BCUT2D eigenvalue weighted by atomic mass is 16.8. The second-order valence-electron chi connectivity index (χ2n) is 9.73. The summed E-state index contributed by atoms with van der Waals surface area (Å²) in [6, 6.07) is 0. The SMILES string of the molecule is CC(C)(C)OC(=O)NC[C@H]1OC(O)[C@@]2(COC(=O)C(C)(C)C)OC(C)(C)O[C@@H]12. The number of alkyl carbamates (subject to hydrolysis) is 1. The molecule has 2 aliphatic rings. The van der Waals surface area contributed by atoms with Crippen LogP contribution in [0.25, 0.3) is 0 Å². The number of carbonyl (C=O) groups is 2. The molecular weight excluding hydrogens is 370 g/mol. The highest BCUT2D eigenvalue weighted by Gasteiger charge is 2.66. The van der Waals surface area contributed by atoms with Crippen molar-refractivity contribution in [2.24, 2.45) is 5.41 Å². The van der Waals surface area contributed by atoms with Gasteiger partial charge < -0.3 is 34.1 Å². The van der Waals surface area contributed by atoms with Gasteiger partial charge in [-0.05, 0) is 55.4 Å². The lowest BCUT2D eigenvalue weighted by atomic mass is 9.95. The highest BCUT2D eigenvalue weighted by molar-refractivity contribution is 5.75. The standard InChI is InChI=1S/C19H33NO8/c1-16(2,3)13(21)24-10-19-12(26-18(7,8)28-19)11(25-14(19)22)9-20-15(23)27-17(4,5)6/h11-12,14,22H,9-10H2,1-8H3,(H,20,23)/t11-,12+,14?,19+/m1/s1. The molecule has 2 rings (SSSR count). The zero-order chi connectivity index (χ0) is 21.5. The van der Waals surface area contributed by atoms with E-state index in [0.717, 1.165) is 0 Å². The Morgan fingerprint density at radius 2 is 1.75 bits per heavy atom. The van der Waals surface area contributed by atoms with Crippen LogP contribution < -0.4 is 5.32 Å². The summed E-state index contributed by atoms with van der Waals surface area (Å²) in [5.41, 5.74) is -2.73. The van der Waals surface area contributed by atoms with Gasteiger partial charge in [0, 0.05) is 6.54 Å². The summed E-state index contributed by atoms with van der Waals surface area (Å²) in [5, 5.41) is 13.2. The fraction of sp³-hybridized carbons (Fsp3) is 0.895. The number of aliphatic hydroxyl groups is 1. The first-order valence-corrected chi connectivity index (χ1v) is 9.41. The Bertz CT molecular complexity index is 606. The van der Waals surface area contributed by atoms with E-state index in [4.69, 9.17) is 23.7 Å². The van der Waals surface area contributed by atoms with E-state index in [1.54, 1.807) is 55.4 Å². The van der Waals surface area contributed by atoms with E-state index in [0.29, 0.717) is 0 Å². The van der Waals surface area contributed by atoms with Crippen LogP contribution in [0.1, 0.15) is 55.4 Å². The van der Waals surface area contributed by atoms with Gasteiger partial charge in [-0.1, -0.05) is 0 Å². The molecule has 0 spiro atoms. The monoisotopic (exact) mass is 403 g/mol. The second-order valence-corrected chi connectivity index (χ2v) is 9.73. The van der Waals surface area contributed by atoms with Crippen molar-refractivity contribution >= 4 is 12.1 Å². The molecule has 162 valence electrons. The van der Waals surface area contributed by atoms with Crippen molar-refractivity contribution in [1.82, 2.24) is 5.32 Å². The zero-order valence-electron chi connectivity index (χ0n) is 18.0. The first-order valence-electron chi connectivity index (χ1n) is 9.41. The highest BCUT2D eigenvalue weighted by Crippen LogP contribution is 2.46. The van der Waals surface area contributed by atoms with E-state index in [1.165, 1.54) is 0 Å². The Balaban J connectivity index is 2.10. The largest absolute Gasteiger partial charge is 0.462 e. The molecule has 2 saturated heterocycles. The normalized spacial score (nSPS) is 32.0. The van der Waals surface area contributed by atoms with Crippen molar-refractivity contribution in [3.05, 3.63) is 0 Å². The van der Waals surface area contributed by atoms with Crippen LogP contribution in [0, 0.1) is 5.41 Å². The van der Waals surface area contributed by atoms with Gasteiger partial charge in [-0.25, -0.2) is 4.79 Å². The van der Waals surface area contributed by atoms with E-state index in [-0.39, 0.29) is 13.2 Å². The molecule has 0 aromatic heterocycles. The number of fused-ring (bicyclic) bond motifs is 1. The Hall–Kier alpha value is -1.42. The molecule has 1 amide bonds. The van der Waals surface area contributed by atoms with Crippen LogP contribution in [0.5, 0.6) is 0 Å². The lowest BCUT2D eigenvalue weighted by Gasteiger charge is -2.30. The lowest BCUT2D eigenvalue weighted by molar-refractivity contribution is -0.254. The Morgan fingerprint density at radius 3 is 2.29 bits per heavy atom. The van der Waals surface area contributed by atoms with Gasteiger partial charge in [0.05, 0.1) is 5.41 Å². The van der Waals surface area contributed by atoms with Crippen LogP contribution in [0.15, 0.2) is 0 Å². The number of amides is 1. The number of hydrogen-bond acceptors (Lipinski definition) is 8. The molecular formula is C19H33NO8. The minimum atomic E-state index is -1.39. The van der Waals surface area contributed by atoms with Crippen molar-refractivity contribution in [3.8, 4) is 0 Å². The summed E-state index contributed by atoms with van der Waals surface area (Å²) < 4.78 is 28.0. The van der Waals surface area contributed by atoms with E-state index < -0.39 is 53.0 Å². The average Bonchev–Trinajstić information content (AvgIpc) is 2.90. The maximum Gasteiger partial charge on any atom is 0.407 e. The van der Waals surface area contributed by atoms with Crippen LogP contribution in [0.4, 0.5) is 4.79 Å². The molecule has 0 radical (unpaired) electrons. The molecule has 0 saturated carbocycles. The minimum Gasteiger partial charge on any atom is -0.462 e. The topological polar surface area (TPSA) is 113 Å². The fourth-order valence-electron chi connectivity index (χ4n) is 3.11. The number of nitrogens with one attached hydrogen (secondary N) is 1. The number of esters is 1. The minimum absolute atomic E-state index is 0.0328. The average molecular weight is 403 g/mol. The second kappa shape index (κ2) is 7.44. The Kier molecular flexibility index (Phi) is 6.07. The number of hydrogen-bond donors (Lipinski definition) is 2. The van der Waals surface area contributed by atoms with Gasteiger partial charge in [0.1, 0.15) is 24.4 Å². The molecule has 2 heterocycles. The number of rotatable bonds is 4. The summed E-state index contributed by atoms with van der Waals surface area (Å²) in [5.74, 6) is -1.45. The van der Waals surface area contributed by atoms with Crippen molar-refractivity contribution in [2.45, 2.75) is 90.9 Å². The number of carbonyl (C=O) groups excluding carboxylic acids is 2. The Morgan fingerprint density at radius 1 is 1.14 bits per heavy atom. The van der Waals surface area contributed by atoms with Crippen molar-refractivity contribution in [1.29, 1.82) is 0 Å². The molecule has 1 unspecified atom stereocenters. The van der Waals surface area contributed by atoms with Crippen molar-refractivity contribution in [2.75, 3.05) is 13.2 Å². The van der Waals surface area contributed by atoms with E-state index >= 15 is 0 Å². The fourth-order valence-corrected chi connectivity index (χ4v) is 3.11. The van der Waals surface area contributed by atoms with Crippen molar-refractivity contribution < 1.29 is 38.4 Å². The smallest absolute Gasteiger partial charge is 0.407 e. The Labute approximate surface area is 166 Å². The first-order chi connectivity index (χ1) is 12.6. The van der Waals surface area contributed by atoms with E-state index in [9.17, 15) is 14.7 Å². The molecule has 0 bridgehead atoms. The molecule has 0 aliphatic carbocycles. The van der Waals surface area contributed by atoms with Crippen LogP contribution in [0.2, 0.25) is 0 Å². The van der Waals surface area contributed by atoms with Gasteiger partial charge in [-0.3, -0.25) is 4.79 Å². The molecule has 28 heavy (non-hydrogen) atoms. The summed E-state index contributed by atoms with van der Waals surface area (Å²) in [6.45, 7) is 13.7. The molecule has 0 aromatic carbocycles. The molecule has 0 aromatic rings. The molecule has 9 nitrogen and oxygen atoms in total. The van der Waals surface area contributed by atoms with E-state index in [1.807, 2.05) is 0 Å². The summed E-state index contributed by atoms with van der Waals surface area (Å²) >= 11 is 0. The van der Waals surface area contributed by atoms with E-state index in [2.05, 4.69) is 5.32 Å². The van der Waals surface area contributed by atoms with Gasteiger partial charge in [0.15, 0.2) is 17.7 Å². The van der Waals surface area contributed by atoms with Gasteiger partial charge >= 0.3 is 12.1 Å². The van der Waals surface area contributed by atoms with Gasteiger partial charge in [0.25, 0.3) is 0 Å². The predicted octanol–water partition coefficient (Wildman–Crippen LogP) is 1.71. The van der Waals surface area contributed by atoms with Gasteiger partial charge in [0.2, 0.25) is 0 Å². The maximum absolute atomic E-state index is 12.2. The van der Waals surface area contributed by atoms with Crippen molar-refractivity contribution in [3.63, 3.8) is 0 Å². The first kappa shape index (κ1) is 22.9. The third kappa shape index (κ3) is 5.14. The lowest BCUT2D eigenvalue weighted by Crippen LogP contribution is -2.52. The van der Waals surface area contributed by atoms with Crippen LogP contribution in [-0.2, 0) is 28.5 Å². The number of aliphatic hydroxyl groups excluding tert-OH is 1. The summed E-state index contributed by atoms with van der Waals surface area (Å²) in [6.07, 6.45) is -3.46. The third-order valence-corrected chi connectivity index (χ3v) is 4.28. The zero-order valence-corrected chi connectivity index (χ0v) is 18.0. The molecule has 2 fully saturated rings. The number of ether oxygens (including phenoxy) is 5. The quantitative estimate of drug-likeness (QED) is 0.682. The predicted molar refractivity (Wildman–Crippen MR) is 98.3 cm³/mol. The van der Waals surface area contributed by atoms with Crippen LogP contribution in [0.3, 0.4) is 0 Å². The summed E-state index contributed by atoms with van der Waals surface area (Å²) in [4.78, 5) is 24.1.